The maximum atomic E-state index is 13.2. The highest BCUT2D eigenvalue weighted by atomic mass is 19.4. The number of aryl methyl sites for hydroxylation is 2. The Balaban J connectivity index is 1.63. The lowest BCUT2D eigenvalue weighted by molar-refractivity contribution is -0.138. The summed E-state index contributed by atoms with van der Waals surface area (Å²) in [6.45, 7) is 4.43. The molecule has 1 unspecified atom stereocenters. The number of benzene rings is 3. The van der Waals surface area contributed by atoms with Gasteiger partial charge in [-0.25, -0.2) is 0 Å². The lowest BCUT2D eigenvalue weighted by Gasteiger charge is -2.18. The number of carbonyl (C=O) groups is 1. The number of aliphatic carboxylic acids is 1. The molecular weight excluding hydrogens is 473 g/mol. The van der Waals surface area contributed by atoms with Crippen molar-refractivity contribution in [3.63, 3.8) is 0 Å². The van der Waals surface area contributed by atoms with Gasteiger partial charge in [-0.05, 0) is 66.4 Å². The van der Waals surface area contributed by atoms with Gasteiger partial charge < -0.3 is 19.3 Å². The Morgan fingerprint density at radius 3 is 2.28 bits per heavy atom. The third-order valence-electron chi connectivity index (χ3n) is 5.47. The van der Waals surface area contributed by atoms with Crippen LogP contribution in [-0.2, 0) is 23.8 Å². The topological polar surface area (TPSA) is 65.0 Å². The molecule has 8 heteroatoms. The van der Waals surface area contributed by atoms with Crippen LogP contribution < -0.4 is 14.2 Å². The summed E-state index contributed by atoms with van der Waals surface area (Å²) in [4.78, 5) is 10.9. The van der Waals surface area contributed by atoms with Gasteiger partial charge in [0.05, 0.1) is 18.8 Å². The van der Waals surface area contributed by atoms with Gasteiger partial charge in [0.1, 0.15) is 11.5 Å². The molecule has 0 aliphatic carbocycles. The van der Waals surface area contributed by atoms with Gasteiger partial charge in [-0.1, -0.05) is 38.1 Å². The van der Waals surface area contributed by atoms with E-state index in [0.29, 0.717) is 24.5 Å². The first-order valence-electron chi connectivity index (χ1n) is 11.7. The molecule has 3 aromatic rings. The Kier molecular flexibility index (Phi) is 9.22. The zero-order chi connectivity index (χ0) is 26.1. The van der Waals surface area contributed by atoms with Gasteiger partial charge in [-0.15, -0.1) is 0 Å². The molecule has 3 aromatic carbocycles. The van der Waals surface area contributed by atoms with Crippen LogP contribution in [-0.4, -0.2) is 24.3 Å². The minimum atomic E-state index is -4.50. The molecule has 0 heterocycles. The molecule has 0 aliphatic rings. The molecule has 0 fully saturated rings. The molecule has 0 aliphatic heterocycles. The molecule has 0 amide bonds. The summed E-state index contributed by atoms with van der Waals surface area (Å²) in [7, 11) is 0. The van der Waals surface area contributed by atoms with Gasteiger partial charge in [-0.3, -0.25) is 4.79 Å². The Morgan fingerprint density at radius 2 is 1.61 bits per heavy atom. The zero-order valence-electron chi connectivity index (χ0n) is 20.2. The highest BCUT2D eigenvalue weighted by Gasteiger charge is 2.31. The van der Waals surface area contributed by atoms with Crippen LogP contribution in [0.3, 0.4) is 0 Å². The van der Waals surface area contributed by atoms with Crippen molar-refractivity contribution in [1.82, 2.24) is 0 Å². The highest BCUT2D eigenvalue weighted by Crippen LogP contribution is 2.38. The molecule has 5 nitrogen and oxygen atoms in total. The van der Waals surface area contributed by atoms with E-state index in [1.54, 1.807) is 30.3 Å². The highest BCUT2D eigenvalue weighted by molar-refractivity contribution is 5.67. The predicted octanol–water partition coefficient (Wildman–Crippen LogP) is 7.17. The van der Waals surface area contributed by atoms with Gasteiger partial charge in [-0.2, -0.15) is 13.2 Å². The molecule has 0 saturated heterocycles. The van der Waals surface area contributed by atoms with Crippen molar-refractivity contribution in [1.29, 1.82) is 0 Å². The average Bonchev–Trinajstić information content (AvgIpc) is 2.85. The second kappa shape index (κ2) is 12.3. The second-order valence-corrected chi connectivity index (χ2v) is 8.48. The SMILES string of the molecule is CCc1cc(OCC(C)COc2ccc(C(F)(F)F)cc2Oc2ccccc2)ccc1CCC(=O)O. The lowest BCUT2D eigenvalue weighted by Crippen LogP contribution is -2.17. The summed E-state index contributed by atoms with van der Waals surface area (Å²) in [5, 5.41) is 8.92. The summed E-state index contributed by atoms with van der Waals surface area (Å²) in [5.41, 5.74) is 1.19. The predicted molar refractivity (Wildman–Crippen MR) is 130 cm³/mol. The van der Waals surface area contributed by atoms with E-state index in [9.17, 15) is 18.0 Å². The largest absolute Gasteiger partial charge is 0.493 e. The third kappa shape index (κ3) is 7.93. The molecule has 0 aromatic heterocycles. The first-order valence-corrected chi connectivity index (χ1v) is 11.7. The molecule has 192 valence electrons. The summed E-state index contributed by atoms with van der Waals surface area (Å²) in [6, 6.07) is 17.3. The number of carboxylic acid groups (broad SMARTS) is 1. The first kappa shape index (κ1) is 26.9. The number of carboxylic acids is 1. The Hall–Kier alpha value is -3.68. The normalized spacial score (nSPS) is 12.1. The van der Waals surface area contributed by atoms with Crippen LogP contribution in [0.5, 0.6) is 23.0 Å². The van der Waals surface area contributed by atoms with E-state index in [1.165, 1.54) is 6.07 Å². The monoisotopic (exact) mass is 502 g/mol. The van der Waals surface area contributed by atoms with Crippen molar-refractivity contribution < 1.29 is 37.3 Å². The summed E-state index contributed by atoms with van der Waals surface area (Å²) in [6.07, 6.45) is -3.22. The Bertz CT molecular complexity index is 1150. The molecular formula is C28H29F3O5. The Labute approximate surface area is 208 Å². The summed E-state index contributed by atoms with van der Waals surface area (Å²) >= 11 is 0. The van der Waals surface area contributed by atoms with Gasteiger partial charge in [0.25, 0.3) is 0 Å². The van der Waals surface area contributed by atoms with Gasteiger partial charge in [0.2, 0.25) is 0 Å². The second-order valence-electron chi connectivity index (χ2n) is 8.48. The number of rotatable bonds is 12. The van der Waals surface area contributed by atoms with E-state index in [2.05, 4.69) is 0 Å². The van der Waals surface area contributed by atoms with Crippen molar-refractivity contribution in [2.45, 2.75) is 39.3 Å². The summed E-state index contributed by atoms with van der Waals surface area (Å²) in [5.74, 6) is 0.339. The van der Waals surface area contributed by atoms with E-state index in [1.807, 2.05) is 32.0 Å². The molecule has 1 N–H and O–H groups in total. The standard InChI is InChI=1S/C28H29F3O5/c1-3-20-15-24(12-9-21(20)10-14-27(32)33)34-17-19(2)18-35-25-13-11-22(28(29,30)31)16-26(25)36-23-7-5-4-6-8-23/h4-9,11-13,15-16,19H,3,10,14,17-18H2,1-2H3,(H,32,33). The van der Waals surface area contributed by atoms with Crippen molar-refractivity contribution in [3.05, 3.63) is 83.4 Å². The average molecular weight is 503 g/mol. The van der Waals surface area contributed by atoms with Crippen LogP contribution in [0.25, 0.3) is 0 Å². The summed E-state index contributed by atoms with van der Waals surface area (Å²) < 4.78 is 57.1. The number of hydrogen-bond donors (Lipinski definition) is 1. The molecule has 36 heavy (non-hydrogen) atoms. The number of ether oxygens (including phenoxy) is 3. The van der Waals surface area contributed by atoms with Crippen LogP contribution in [0.1, 0.15) is 37.0 Å². The number of hydrogen-bond acceptors (Lipinski definition) is 4. The van der Waals surface area contributed by atoms with Crippen molar-refractivity contribution in [3.8, 4) is 23.0 Å². The van der Waals surface area contributed by atoms with Crippen molar-refractivity contribution >= 4 is 5.97 Å². The van der Waals surface area contributed by atoms with E-state index < -0.39 is 17.7 Å². The van der Waals surface area contributed by atoms with Crippen LogP contribution in [0.4, 0.5) is 13.2 Å². The third-order valence-corrected chi connectivity index (χ3v) is 5.47. The van der Waals surface area contributed by atoms with Crippen molar-refractivity contribution in [2.24, 2.45) is 5.92 Å². The lowest BCUT2D eigenvalue weighted by atomic mass is 10.0. The first-order chi connectivity index (χ1) is 17.2. The van der Waals surface area contributed by atoms with Crippen molar-refractivity contribution in [2.75, 3.05) is 13.2 Å². The van der Waals surface area contributed by atoms with E-state index in [4.69, 9.17) is 19.3 Å². The fraction of sp³-hybridized carbons (Fsp3) is 0.321. The van der Waals surface area contributed by atoms with Crippen LogP contribution in [0.15, 0.2) is 66.7 Å². The van der Waals surface area contributed by atoms with Gasteiger partial charge in [0.15, 0.2) is 11.5 Å². The number of halogens is 3. The fourth-order valence-corrected chi connectivity index (χ4v) is 3.52. The molecule has 0 spiro atoms. The van der Waals surface area contributed by atoms with E-state index in [-0.39, 0.29) is 30.4 Å². The van der Waals surface area contributed by atoms with Crippen LogP contribution >= 0.6 is 0 Å². The number of para-hydroxylation sites is 1. The minimum Gasteiger partial charge on any atom is -0.493 e. The maximum Gasteiger partial charge on any atom is 0.416 e. The van der Waals surface area contributed by atoms with E-state index >= 15 is 0 Å². The molecule has 1 atom stereocenters. The number of alkyl halides is 3. The smallest absolute Gasteiger partial charge is 0.416 e. The molecule has 0 bridgehead atoms. The zero-order valence-corrected chi connectivity index (χ0v) is 20.2. The quantitative estimate of drug-likeness (QED) is 0.284. The molecule has 0 radical (unpaired) electrons. The van der Waals surface area contributed by atoms with Crippen LogP contribution in [0, 0.1) is 5.92 Å². The Morgan fingerprint density at radius 1 is 0.889 bits per heavy atom. The van der Waals surface area contributed by atoms with E-state index in [0.717, 1.165) is 29.7 Å². The van der Waals surface area contributed by atoms with Crippen LogP contribution in [0.2, 0.25) is 0 Å². The minimum absolute atomic E-state index is 0.0197. The maximum absolute atomic E-state index is 13.2. The molecule has 0 saturated carbocycles. The fourth-order valence-electron chi connectivity index (χ4n) is 3.52. The molecule has 3 rings (SSSR count). The van der Waals surface area contributed by atoms with Gasteiger partial charge in [0, 0.05) is 12.3 Å². The van der Waals surface area contributed by atoms with Gasteiger partial charge >= 0.3 is 12.1 Å².